The molecule has 0 aliphatic rings. The first-order valence-electron chi connectivity index (χ1n) is 8.10. The fourth-order valence-corrected chi connectivity index (χ4v) is 3.46. The van der Waals surface area contributed by atoms with E-state index in [0.29, 0.717) is 5.56 Å². The molecule has 0 spiro atoms. The van der Waals surface area contributed by atoms with Crippen LogP contribution in [0.3, 0.4) is 0 Å². The number of halogens is 2. The van der Waals surface area contributed by atoms with Crippen LogP contribution in [0.25, 0.3) is 0 Å². The molecule has 160 valence electrons. The smallest absolute Gasteiger partial charge is 0.311 e. The third-order valence-electron chi connectivity index (χ3n) is 3.68. The molecule has 0 saturated carbocycles. The van der Waals surface area contributed by atoms with Crippen molar-refractivity contribution < 1.29 is 22.9 Å². The van der Waals surface area contributed by atoms with Gasteiger partial charge in [-0.3, -0.25) is 19.2 Å². The zero-order valence-electron chi connectivity index (χ0n) is 15.7. The van der Waals surface area contributed by atoms with Gasteiger partial charge in [0.15, 0.2) is 5.75 Å². The lowest BCUT2D eigenvalue weighted by molar-refractivity contribution is -0.385. The van der Waals surface area contributed by atoms with Crippen molar-refractivity contribution in [1.82, 2.24) is 5.43 Å². The SMILES string of the molecule is COc1ccc(/C=N\NC(=O)CN(c2ccc(Cl)c(Cl)c2)S(C)(=O)=O)cc1[N+](=O)[O-]. The Kier molecular flexibility index (Phi) is 7.59. The molecule has 13 heteroatoms. The number of carbonyl (C=O) groups is 1. The van der Waals surface area contributed by atoms with Gasteiger partial charge in [0.1, 0.15) is 6.54 Å². The van der Waals surface area contributed by atoms with Crippen LogP contribution in [0.1, 0.15) is 5.56 Å². The molecule has 0 bridgehead atoms. The fourth-order valence-electron chi connectivity index (χ4n) is 2.31. The largest absolute Gasteiger partial charge is 0.490 e. The maximum absolute atomic E-state index is 12.2. The van der Waals surface area contributed by atoms with Gasteiger partial charge in [-0.25, -0.2) is 13.8 Å². The summed E-state index contributed by atoms with van der Waals surface area (Å²) in [5.41, 5.74) is 2.38. The second-order valence-corrected chi connectivity index (χ2v) is 8.57. The third kappa shape index (κ3) is 6.05. The minimum atomic E-state index is -3.81. The molecule has 0 aromatic heterocycles. The average molecular weight is 475 g/mol. The lowest BCUT2D eigenvalue weighted by atomic mass is 10.2. The molecular weight excluding hydrogens is 459 g/mol. The zero-order valence-corrected chi connectivity index (χ0v) is 18.0. The van der Waals surface area contributed by atoms with E-state index in [1.165, 1.54) is 49.7 Å². The average Bonchev–Trinajstić information content (AvgIpc) is 2.67. The van der Waals surface area contributed by atoms with Crippen LogP contribution in [0, 0.1) is 10.1 Å². The number of hydrazone groups is 1. The van der Waals surface area contributed by atoms with Crippen LogP contribution in [0.2, 0.25) is 10.0 Å². The van der Waals surface area contributed by atoms with Gasteiger partial charge in [-0.05, 0) is 30.3 Å². The van der Waals surface area contributed by atoms with E-state index in [2.05, 4.69) is 10.5 Å². The summed E-state index contributed by atoms with van der Waals surface area (Å²) in [6.07, 6.45) is 2.11. The Morgan fingerprint density at radius 1 is 1.27 bits per heavy atom. The maximum Gasteiger partial charge on any atom is 0.311 e. The van der Waals surface area contributed by atoms with E-state index in [1.807, 2.05) is 0 Å². The number of nitrogens with one attached hydrogen (secondary N) is 1. The van der Waals surface area contributed by atoms with Crippen LogP contribution in [0.4, 0.5) is 11.4 Å². The molecule has 0 unspecified atom stereocenters. The van der Waals surface area contributed by atoms with Gasteiger partial charge in [0.25, 0.3) is 5.91 Å². The molecule has 0 saturated heterocycles. The number of amides is 1. The van der Waals surface area contributed by atoms with Gasteiger partial charge in [0.05, 0.1) is 40.2 Å². The van der Waals surface area contributed by atoms with Gasteiger partial charge < -0.3 is 4.74 Å². The standard InChI is InChI=1S/C17H16Cl2N4O6S/c1-29-16-6-3-11(7-15(16)23(25)26)9-20-21-17(24)10-22(30(2,27)28)12-4-5-13(18)14(19)8-12/h3-9H,10H2,1-2H3,(H,21,24)/b20-9-. The van der Waals surface area contributed by atoms with Crippen molar-refractivity contribution in [3.63, 3.8) is 0 Å². The van der Waals surface area contributed by atoms with E-state index in [9.17, 15) is 23.3 Å². The molecule has 2 rings (SSSR count). The maximum atomic E-state index is 12.2. The number of methoxy groups -OCH3 is 1. The summed E-state index contributed by atoms with van der Waals surface area (Å²) < 4.78 is 29.9. The highest BCUT2D eigenvalue weighted by Gasteiger charge is 2.21. The first-order chi connectivity index (χ1) is 14.0. The molecule has 0 radical (unpaired) electrons. The summed E-state index contributed by atoms with van der Waals surface area (Å²) >= 11 is 11.8. The lowest BCUT2D eigenvalue weighted by Gasteiger charge is -2.21. The molecule has 10 nitrogen and oxygen atoms in total. The summed E-state index contributed by atoms with van der Waals surface area (Å²) in [4.78, 5) is 22.6. The Bertz CT molecular complexity index is 1110. The van der Waals surface area contributed by atoms with Gasteiger partial charge in [-0.2, -0.15) is 5.10 Å². The van der Waals surface area contributed by atoms with Crippen molar-refractivity contribution >= 4 is 56.7 Å². The minimum Gasteiger partial charge on any atom is -0.490 e. The van der Waals surface area contributed by atoms with Crippen LogP contribution < -0.4 is 14.5 Å². The molecule has 0 aliphatic carbocycles. The molecular formula is C17H16Cl2N4O6S. The van der Waals surface area contributed by atoms with E-state index in [4.69, 9.17) is 27.9 Å². The Morgan fingerprint density at radius 2 is 1.97 bits per heavy atom. The fraction of sp³-hybridized carbons (Fsp3) is 0.176. The number of anilines is 1. The van der Waals surface area contributed by atoms with Crippen molar-refractivity contribution in [2.45, 2.75) is 0 Å². The summed E-state index contributed by atoms with van der Waals surface area (Å²) in [6.45, 7) is -0.573. The number of nitro benzene ring substituents is 1. The Labute approximate surface area is 182 Å². The quantitative estimate of drug-likeness (QED) is 0.355. The summed E-state index contributed by atoms with van der Waals surface area (Å²) in [6, 6.07) is 8.23. The molecule has 0 fully saturated rings. The van der Waals surface area contributed by atoms with E-state index < -0.39 is 27.4 Å². The number of nitro groups is 1. The monoisotopic (exact) mass is 474 g/mol. The minimum absolute atomic E-state index is 0.0756. The molecule has 30 heavy (non-hydrogen) atoms. The molecule has 0 aliphatic heterocycles. The highest BCUT2D eigenvalue weighted by Crippen LogP contribution is 2.28. The number of ether oxygens (including phenoxy) is 1. The predicted octanol–water partition coefficient (Wildman–Crippen LogP) is 2.83. The predicted molar refractivity (Wildman–Crippen MR) is 114 cm³/mol. The molecule has 1 N–H and O–H groups in total. The number of nitrogens with zero attached hydrogens (tertiary/aromatic N) is 3. The lowest BCUT2D eigenvalue weighted by Crippen LogP contribution is -2.39. The Hall–Kier alpha value is -2.89. The molecule has 2 aromatic rings. The number of carbonyl (C=O) groups excluding carboxylic acids is 1. The molecule has 1 amide bonds. The highest BCUT2D eigenvalue weighted by atomic mass is 35.5. The van der Waals surface area contributed by atoms with Gasteiger partial charge in [0, 0.05) is 11.6 Å². The summed E-state index contributed by atoms with van der Waals surface area (Å²) in [7, 11) is -2.51. The molecule has 0 heterocycles. The Balaban J connectivity index is 2.14. The zero-order chi connectivity index (χ0) is 22.5. The topological polar surface area (TPSA) is 131 Å². The Morgan fingerprint density at radius 3 is 2.53 bits per heavy atom. The van der Waals surface area contributed by atoms with Crippen molar-refractivity contribution in [1.29, 1.82) is 0 Å². The van der Waals surface area contributed by atoms with Crippen molar-refractivity contribution in [3.8, 4) is 5.75 Å². The first-order valence-corrected chi connectivity index (χ1v) is 10.7. The van der Waals surface area contributed by atoms with Crippen LogP contribution >= 0.6 is 23.2 Å². The van der Waals surface area contributed by atoms with Gasteiger partial charge in [-0.15, -0.1) is 0 Å². The van der Waals surface area contributed by atoms with E-state index in [-0.39, 0.29) is 27.2 Å². The summed E-state index contributed by atoms with van der Waals surface area (Å²) in [5.74, 6) is -0.669. The van der Waals surface area contributed by atoms with Gasteiger partial charge in [0.2, 0.25) is 10.0 Å². The van der Waals surface area contributed by atoms with Gasteiger partial charge in [-0.1, -0.05) is 23.2 Å². The number of rotatable bonds is 8. The van der Waals surface area contributed by atoms with Crippen LogP contribution in [-0.4, -0.2) is 45.4 Å². The number of hydrogen-bond acceptors (Lipinski definition) is 7. The van der Waals surface area contributed by atoms with Crippen LogP contribution in [0.5, 0.6) is 5.75 Å². The summed E-state index contributed by atoms with van der Waals surface area (Å²) in [5, 5.41) is 15.1. The van der Waals surface area contributed by atoms with Crippen molar-refractivity contribution in [3.05, 3.63) is 62.1 Å². The van der Waals surface area contributed by atoms with Gasteiger partial charge >= 0.3 is 5.69 Å². The van der Waals surface area contributed by atoms with Crippen LogP contribution in [-0.2, 0) is 14.8 Å². The number of sulfonamides is 1. The second kappa shape index (κ2) is 9.74. The third-order valence-corrected chi connectivity index (χ3v) is 5.56. The molecule has 2 aromatic carbocycles. The van der Waals surface area contributed by atoms with Crippen molar-refractivity contribution in [2.24, 2.45) is 5.10 Å². The van der Waals surface area contributed by atoms with Crippen molar-refractivity contribution in [2.75, 3.05) is 24.2 Å². The van der Waals surface area contributed by atoms with Crippen LogP contribution in [0.15, 0.2) is 41.5 Å². The normalized spacial score (nSPS) is 11.3. The van der Waals surface area contributed by atoms with E-state index in [1.54, 1.807) is 0 Å². The second-order valence-electron chi connectivity index (χ2n) is 5.85. The first kappa shape index (κ1) is 23.4. The van der Waals surface area contributed by atoms with E-state index in [0.717, 1.165) is 10.6 Å². The number of hydrogen-bond donors (Lipinski definition) is 1. The number of benzene rings is 2. The van der Waals surface area contributed by atoms with E-state index >= 15 is 0 Å². The molecule has 0 atom stereocenters. The highest BCUT2D eigenvalue weighted by molar-refractivity contribution is 7.92.